The van der Waals surface area contributed by atoms with E-state index < -0.39 is 0 Å². The van der Waals surface area contributed by atoms with Crippen LogP contribution < -0.4 is 21.5 Å². The standard InChI is InChI=1S/C32H32N3.BrH/c1-25-17-19-26(20-18-25)23-34-24-33(31-15-7-8-16-32(31)34)21-9-2-10-22-35-29-13-5-3-11-27(29)28-12-4-6-14-30(28)35;/h3-8,11-20,24H,2,9-10,21-23H2,1H3;1H/q+1;/p-1. The van der Waals surface area contributed by atoms with E-state index in [0.717, 1.165) is 19.6 Å². The zero-order valence-electron chi connectivity index (χ0n) is 20.8. The van der Waals surface area contributed by atoms with Gasteiger partial charge in [0, 0.05) is 28.4 Å². The van der Waals surface area contributed by atoms with Crippen molar-refractivity contribution in [1.29, 1.82) is 0 Å². The molecule has 0 unspecified atom stereocenters. The number of nitrogens with zero attached hydrogens (tertiary/aromatic N) is 3. The van der Waals surface area contributed by atoms with Gasteiger partial charge in [-0.1, -0.05) is 78.4 Å². The topological polar surface area (TPSA) is 13.7 Å². The highest BCUT2D eigenvalue weighted by atomic mass is 79.9. The van der Waals surface area contributed by atoms with Crippen LogP contribution in [-0.2, 0) is 19.6 Å². The van der Waals surface area contributed by atoms with E-state index in [1.165, 1.54) is 63.2 Å². The number of aromatic nitrogens is 3. The monoisotopic (exact) mass is 537 g/mol. The Kier molecular flexibility index (Phi) is 7.24. The molecule has 4 aromatic carbocycles. The minimum absolute atomic E-state index is 0. The van der Waals surface area contributed by atoms with Crippen LogP contribution in [0.2, 0.25) is 0 Å². The first-order chi connectivity index (χ1) is 17.3. The molecule has 6 aromatic rings. The van der Waals surface area contributed by atoms with Crippen LogP contribution in [0.4, 0.5) is 0 Å². The molecule has 0 atom stereocenters. The molecule has 2 heterocycles. The molecule has 0 N–H and O–H groups in total. The predicted octanol–water partition coefficient (Wildman–Crippen LogP) is 4.27. The Morgan fingerprint density at radius 1 is 0.611 bits per heavy atom. The van der Waals surface area contributed by atoms with Crippen LogP contribution in [0.5, 0.6) is 0 Å². The SMILES string of the molecule is Cc1ccc(C[n+]2cn(CCCCCn3c4ccccc4c4ccccc43)c3ccccc32)cc1.[Br-]. The van der Waals surface area contributed by atoms with Crippen LogP contribution >= 0.6 is 0 Å². The van der Waals surface area contributed by atoms with E-state index in [1.54, 1.807) is 0 Å². The number of para-hydroxylation sites is 4. The first-order valence-electron chi connectivity index (χ1n) is 12.8. The van der Waals surface area contributed by atoms with Gasteiger partial charge >= 0.3 is 0 Å². The van der Waals surface area contributed by atoms with Gasteiger partial charge in [0.25, 0.3) is 0 Å². The van der Waals surface area contributed by atoms with Gasteiger partial charge in [0.05, 0.1) is 6.54 Å². The highest BCUT2D eigenvalue weighted by molar-refractivity contribution is 6.07. The molecule has 36 heavy (non-hydrogen) atoms. The summed E-state index contributed by atoms with van der Waals surface area (Å²) in [6.07, 6.45) is 5.88. The highest BCUT2D eigenvalue weighted by Gasteiger charge is 2.15. The number of imidazole rings is 1. The van der Waals surface area contributed by atoms with E-state index in [-0.39, 0.29) is 17.0 Å². The van der Waals surface area contributed by atoms with E-state index in [0.29, 0.717) is 0 Å². The first kappa shape index (κ1) is 24.3. The Morgan fingerprint density at radius 2 is 1.19 bits per heavy atom. The molecular formula is C32H32BrN3. The molecule has 6 rings (SSSR count). The van der Waals surface area contributed by atoms with Crippen LogP contribution in [0.25, 0.3) is 32.8 Å². The molecule has 0 saturated heterocycles. The first-order valence-corrected chi connectivity index (χ1v) is 12.8. The summed E-state index contributed by atoms with van der Waals surface area (Å²) in [5.74, 6) is 0. The minimum atomic E-state index is 0. The Morgan fingerprint density at radius 3 is 1.89 bits per heavy atom. The number of hydrogen-bond acceptors (Lipinski definition) is 0. The Bertz CT molecular complexity index is 1550. The summed E-state index contributed by atoms with van der Waals surface area (Å²) in [4.78, 5) is 0. The maximum Gasteiger partial charge on any atom is 0.245 e. The number of rotatable bonds is 8. The third kappa shape index (κ3) is 4.70. The van der Waals surface area contributed by atoms with Crippen LogP contribution in [0, 0.1) is 6.92 Å². The normalized spacial score (nSPS) is 11.4. The van der Waals surface area contributed by atoms with E-state index in [2.05, 4.69) is 124 Å². The Balaban J connectivity index is 0.00000267. The van der Waals surface area contributed by atoms with Gasteiger partial charge in [-0.05, 0) is 56.0 Å². The second-order valence-corrected chi connectivity index (χ2v) is 9.66. The van der Waals surface area contributed by atoms with Gasteiger partial charge in [-0.3, -0.25) is 0 Å². The van der Waals surface area contributed by atoms with Gasteiger partial charge < -0.3 is 21.5 Å². The molecule has 0 bridgehead atoms. The Labute approximate surface area is 223 Å². The van der Waals surface area contributed by atoms with Crippen molar-refractivity contribution in [2.75, 3.05) is 0 Å². The third-order valence-electron chi connectivity index (χ3n) is 7.21. The van der Waals surface area contributed by atoms with Gasteiger partial charge in [-0.15, -0.1) is 0 Å². The zero-order valence-corrected chi connectivity index (χ0v) is 22.4. The largest absolute Gasteiger partial charge is 1.00 e. The lowest BCUT2D eigenvalue weighted by atomic mass is 10.1. The van der Waals surface area contributed by atoms with Crippen LogP contribution in [0.3, 0.4) is 0 Å². The number of aryl methyl sites for hydroxylation is 3. The molecule has 0 aliphatic carbocycles. The fraction of sp³-hybridized carbons (Fsp3) is 0.219. The molecule has 0 radical (unpaired) electrons. The lowest BCUT2D eigenvalue weighted by Crippen LogP contribution is -3.00. The molecule has 3 nitrogen and oxygen atoms in total. The zero-order chi connectivity index (χ0) is 23.6. The summed E-state index contributed by atoms with van der Waals surface area (Å²) in [7, 11) is 0. The summed E-state index contributed by atoms with van der Waals surface area (Å²) in [5, 5.41) is 2.72. The molecule has 4 heteroatoms. The molecule has 2 aromatic heterocycles. The lowest BCUT2D eigenvalue weighted by Gasteiger charge is -2.07. The number of unbranched alkanes of at least 4 members (excludes halogenated alkanes) is 2. The van der Waals surface area contributed by atoms with Gasteiger partial charge in [0.15, 0.2) is 11.0 Å². The lowest BCUT2D eigenvalue weighted by molar-refractivity contribution is -0.663. The van der Waals surface area contributed by atoms with Crippen molar-refractivity contribution in [2.24, 2.45) is 0 Å². The number of hydrogen-bond donors (Lipinski definition) is 0. The molecule has 0 amide bonds. The van der Waals surface area contributed by atoms with Gasteiger partial charge in [-0.2, -0.15) is 0 Å². The summed E-state index contributed by atoms with van der Waals surface area (Å²) in [5.41, 5.74) is 7.97. The second kappa shape index (κ2) is 10.7. The van der Waals surface area contributed by atoms with E-state index in [4.69, 9.17) is 0 Å². The smallest absolute Gasteiger partial charge is 0.245 e. The maximum absolute atomic E-state index is 2.51. The fourth-order valence-corrected chi connectivity index (χ4v) is 5.41. The minimum Gasteiger partial charge on any atom is -1.00 e. The quantitative estimate of drug-likeness (QED) is 0.203. The predicted molar refractivity (Wildman–Crippen MR) is 146 cm³/mol. The van der Waals surface area contributed by atoms with Gasteiger partial charge in [0.1, 0.15) is 6.54 Å². The molecular weight excluding hydrogens is 506 g/mol. The second-order valence-electron chi connectivity index (χ2n) is 9.66. The van der Waals surface area contributed by atoms with Crippen molar-refractivity contribution in [3.8, 4) is 0 Å². The van der Waals surface area contributed by atoms with Crippen molar-refractivity contribution in [3.05, 3.63) is 115 Å². The van der Waals surface area contributed by atoms with Crippen LogP contribution in [-0.4, -0.2) is 9.13 Å². The molecule has 0 aliphatic rings. The molecule has 182 valence electrons. The van der Waals surface area contributed by atoms with Crippen LogP contribution in [0.1, 0.15) is 30.4 Å². The van der Waals surface area contributed by atoms with Crippen molar-refractivity contribution < 1.29 is 21.5 Å². The number of halogens is 1. The van der Waals surface area contributed by atoms with E-state index >= 15 is 0 Å². The van der Waals surface area contributed by atoms with E-state index in [9.17, 15) is 0 Å². The number of benzene rings is 4. The maximum atomic E-state index is 2.51. The summed E-state index contributed by atoms with van der Waals surface area (Å²) in [6.45, 7) is 5.16. The van der Waals surface area contributed by atoms with Crippen molar-refractivity contribution in [3.63, 3.8) is 0 Å². The fourth-order valence-electron chi connectivity index (χ4n) is 5.41. The van der Waals surface area contributed by atoms with Crippen molar-refractivity contribution in [2.45, 2.75) is 45.8 Å². The molecule has 0 saturated carbocycles. The summed E-state index contributed by atoms with van der Waals surface area (Å²) >= 11 is 0. The number of fused-ring (bicyclic) bond motifs is 4. The van der Waals surface area contributed by atoms with Crippen molar-refractivity contribution in [1.82, 2.24) is 9.13 Å². The molecule has 0 fully saturated rings. The van der Waals surface area contributed by atoms with Gasteiger partial charge in [-0.25, -0.2) is 9.13 Å². The average Bonchev–Trinajstić information content (AvgIpc) is 3.41. The molecule has 0 aliphatic heterocycles. The third-order valence-corrected chi connectivity index (χ3v) is 7.21. The van der Waals surface area contributed by atoms with Crippen molar-refractivity contribution >= 4 is 32.8 Å². The van der Waals surface area contributed by atoms with Gasteiger partial charge in [0.2, 0.25) is 6.33 Å². The van der Waals surface area contributed by atoms with Crippen LogP contribution in [0.15, 0.2) is 103 Å². The highest BCUT2D eigenvalue weighted by Crippen LogP contribution is 2.29. The summed E-state index contributed by atoms with van der Waals surface area (Å²) < 4.78 is 7.33. The molecule has 0 spiro atoms. The summed E-state index contributed by atoms with van der Waals surface area (Å²) in [6, 6.07) is 35.3. The Hall–Kier alpha value is -3.37. The average molecular weight is 539 g/mol. The van der Waals surface area contributed by atoms with E-state index in [1.807, 2.05) is 0 Å².